The van der Waals surface area contributed by atoms with E-state index in [1.807, 2.05) is 55.5 Å². The van der Waals surface area contributed by atoms with Gasteiger partial charge in [0.15, 0.2) is 0 Å². The lowest BCUT2D eigenvalue weighted by Gasteiger charge is -2.38. The molecule has 40 heavy (non-hydrogen) atoms. The summed E-state index contributed by atoms with van der Waals surface area (Å²) in [6.07, 6.45) is 0.844. The van der Waals surface area contributed by atoms with Crippen molar-refractivity contribution in [3.05, 3.63) is 119 Å². The van der Waals surface area contributed by atoms with Gasteiger partial charge in [-0.2, -0.15) is 0 Å². The number of aromatic nitrogens is 1. The van der Waals surface area contributed by atoms with Crippen LogP contribution in [0.4, 0.5) is 0 Å². The van der Waals surface area contributed by atoms with Crippen molar-refractivity contribution in [2.24, 2.45) is 10.4 Å². The van der Waals surface area contributed by atoms with E-state index < -0.39 is 0 Å². The Balaban J connectivity index is 1.30. The molecule has 1 aliphatic heterocycles. The van der Waals surface area contributed by atoms with Crippen LogP contribution in [-0.2, 0) is 11.2 Å². The van der Waals surface area contributed by atoms with Crippen molar-refractivity contribution < 1.29 is 14.6 Å². The van der Waals surface area contributed by atoms with E-state index in [0.717, 1.165) is 34.1 Å². The van der Waals surface area contributed by atoms with E-state index in [4.69, 9.17) is 14.5 Å². The minimum Gasteiger partial charge on any atom is -0.506 e. The minimum absolute atomic E-state index is 0.0238. The van der Waals surface area contributed by atoms with Gasteiger partial charge in [-0.3, -0.25) is 0 Å². The second-order valence-electron chi connectivity index (χ2n) is 11.5. The Morgan fingerprint density at radius 2 is 1.62 bits per heavy atom. The van der Waals surface area contributed by atoms with Crippen LogP contribution in [0.2, 0.25) is 0 Å². The van der Waals surface area contributed by atoms with E-state index in [0.29, 0.717) is 23.0 Å². The summed E-state index contributed by atoms with van der Waals surface area (Å²) in [7, 11) is 0. The number of hydrogen-bond acceptors (Lipinski definition) is 5. The first-order valence-corrected chi connectivity index (χ1v) is 13.7. The molecule has 2 heterocycles. The highest BCUT2D eigenvalue weighted by molar-refractivity contribution is 5.97. The van der Waals surface area contributed by atoms with Crippen LogP contribution in [0, 0.1) is 12.3 Å². The lowest BCUT2D eigenvalue weighted by atomic mass is 9.69. The van der Waals surface area contributed by atoms with Crippen molar-refractivity contribution in [2.75, 3.05) is 0 Å². The number of phenolic OH excluding ortho intramolecular Hbond substituents is 1. The van der Waals surface area contributed by atoms with Crippen LogP contribution >= 0.6 is 0 Å². The van der Waals surface area contributed by atoms with Crippen LogP contribution in [0.3, 0.4) is 0 Å². The SMILES string of the molecule is Cc1cc(O)c2nc(Oc3cc(C4=N[C@@H]5[C@H](O4)c4ccccc4CC5(C)C)cc(-c4ccccc4)c3)ccc2c1. The van der Waals surface area contributed by atoms with Crippen molar-refractivity contribution >= 4 is 16.8 Å². The Morgan fingerprint density at radius 3 is 2.48 bits per heavy atom. The Labute approximate surface area is 233 Å². The molecule has 0 amide bonds. The van der Waals surface area contributed by atoms with Gasteiger partial charge in [0.25, 0.3) is 0 Å². The number of aryl methyl sites for hydroxylation is 1. The molecule has 0 spiro atoms. The number of hydrogen-bond donors (Lipinski definition) is 1. The molecule has 0 radical (unpaired) electrons. The summed E-state index contributed by atoms with van der Waals surface area (Å²) in [5.41, 5.74) is 6.92. The van der Waals surface area contributed by atoms with Crippen molar-refractivity contribution in [3.63, 3.8) is 0 Å². The van der Waals surface area contributed by atoms with E-state index in [1.165, 1.54) is 11.1 Å². The second kappa shape index (κ2) is 9.23. The molecule has 0 bridgehead atoms. The summed E-state index contributed by atoms with van der Waals surface area (Å²) in [6, 6.07) is 32.3. The molecule has 1 aromatic heterocycles. The number of nitrogens with zero attached hydrogens (tertiary/aromatic N) is 2. The van der Waals surface area contributed by atoms with Crippen LogP contribution in [0.15, 0.2) is 102 Å². The lowest BCUT2D eigenvalue weighted by molar-refractivity contribution is 0.113. The fourth-order valence-corrected chi connectivity index (χ4v) is 6.04. The predicted molar refractivity (Wildman–Crippen MR) is 158 cm³/mol. The molecule has 1 aliphatic carbocycles. The van der Waals surface area contributed by atoms with E-state index in [1.54, 1.807) is 6.07 Å². The smallest absolute Gasteiger partial charge is 0.219 e. The Kier molecular flexibility index (Phi) is 5.63. The van der Waals surface area contributed by atoms with Gasteiger partial charge in [0.1, 0.15) is 29.2 Å². The topological polar surface area (TPSA) is 63.9 Å². The van der Waals surface area contributed by atoms with Gasteiger partial charge in [-0.05, 0) is 83.0 Å². The molecule has 2 aliphatic rings. The molecule has 5 heteroatoms. The summed E-state index contributed by atoms with van der Waals surface area (Å²) in [6.45, 7) is 6.49. The van der Waals surface area contributed by atoms with Crippen LogP contribution in [0.5, 0.6) is 17.4 Å². The molecule has 0 saturated heterocycles. The zero-order valence-corrected chi connectivity index (χ0v) is 22.8. The highest BCUT2D eigenvalue weighted by Crippen LogP contribution is 2.48. The number of benzene rings is 4. The average molecular weight is 527 g/mol. The number of fused-ring (bicyclic) bond motifs is 4. The maximum absolute atomic E-state index is 10.5. The number of ether oxygens (including phenoxy) is 2. The summed E-state index contributed by atoms with van der Waals surface area (Å²) in [4.78, 5) is 9.78. The molecule has 198 valence electrons. The molecule has 5 nitrogen and oxygen atoms in total. The van der Waals surface area contributed by atoms with E-state index in [9.17, 15) is 5.11 Å². The Bertz CT molecular complexity index is 1790. The number of rotatable bonds is 4. The predicted octanol–water partition coefficient (Wildman–Crippen LogP) is 8.18. The van der Waals surface area contributed by atoms with Crippen molar-refractivity contribution in [3.8, 4) is 28.5 Å². The van der Waals surface area contributed by atoms with E-state index in [-0.39, 0.29) is 23.3 Å². The monoisotopic (exact) mass is 526 g/mol. The largest absolute Gasteiger partial charge is 0.506 e. The van der Waals surface area contributed by atoms with Gasteiger partial charge in [-0.25, -0.2) is 9.98 Å². The quantitative estimate of drug-likeness (QED) is 0.256. The fraction of sp³-hybridized carbons (Fsp3) is 0.200. The third-order valence-corrected chi connectivity index (χ3v) is 7.96. The molecule has 0 unspecified atom stereocenters. The van der Waals surface area contributed by atoms with Gasteiger partial charge in [-0.1, -0.05) is 68.4 Å². The zero-order valence-electron chi connectivity index (χ0n) is 22.8. The van der Waals surface area contributed by atoms with Crippen molar-refractivity contribution in [2.45, 2.75) is 39.3 Å². The summed E-state index contributed by atoms with van der Waals surface area (Å²) >= 11 is 0. The molecule has 2 atom stereocenters. The van der Waals surface area contributed by atoms with Gasteiger partial charge in [0.05, 0.1) is 0 Å². The van der Waals surface area contributed by atoms with Gasteiger partial charge >= 0.3 is 0 Å². The van der Waals surface area contributed by atoms with Gasteiger partial charge < -0.3 is 14.6 Å². The third-order valence-electron chi connectivity index (χ3n) is 7.96. The summed E-state index contributed by atoms with van der Waals surface area (Å²) in [5.74, 6) is 1.79. The minimum atomic E-state index is -0.117. The standard InChI is InChI=1S/C35H30N2O3/c1-21-15-23-13-14-30(36-31(23)29(38)16-21)39-27-18-25(22-9-5-4-6-10-22)17-26(19-27)34-37-33-32(40-34)28-12-8-7-11-24(28)20-35(33,2)3/h4-19,32-33,38H,20H2,1-3H3/t32-,33-/m1/s1. The van der Waals surface area contributed by atoms with Crippen LogP contribution in [0.1, 0.15) is 42.2 Å². The number of aliphatic imine (C=N–C) groups is 1. The van der Waals surface area contributed by atoms with Crippen LogP contribution in [0.25, 0.3) is 22.0 Å². The number of aromatic hydroxyl groups is 1. The lowest BCUT2D eigenvalue weighted by Crippen LogP contribution is -2.38. The second-order valence-corrected chi connectivity index (χ2v) is 11.5. The first kappa shape index (κ1) is 24.4. The highest BCUT2D eigenvalue weighted by atomic mass is 16.5. The van der Waals surface area contributed by atoms with Gasteiger partial charge in [-0.15, -0.1) is 0 Å². The molecule has 7 rings (SSSR count). The van der Waals surface area contributed by atoms with Crippen molar-refractivity contribution in [1.82, 2.24) is 4.98 Å². The normalized spacial score (nSPS) is 18.9. The van der Waals surface area contributed by atoms with E-state index in [2.05, 4.69) is 61.3 Å². The fourth-order valence-electron chi connectivity index (χ4n) is 6.04. The summed E-state index contributed by atoms with van der Waals surface area (Å²) < 4.78 is 13.0. The maximum Gasteiger partial charge on any atom is 0.219 e. The van der Waals surface area contributed by atoms with Crippen LogP contribution < -0.4 is 4.74 Å². The maximum atomic E-state index is 10.5. The van der Waals surface area contributed by atoms with E-state index >= 15 is 0 Å². The zero-order chi connectivity index (χ0) is 27.4. The summed E-state index contributed by atoms with van der Waals surface area (Å²) in [5, 5.41) is 11.3. The molecule has 5 aromatic rings. The molecule has 0 fully saturated rings. The first-order chi connectivity index (χ1) is 19.3. The molecule has 4 aromatic carbocycles. The number of phenols is 1. The molecule has 1 N–H and O–H groups in total. The average Bonchev–Trinajstić information content (AvgIpc) is 3.41. The molecular weight excluding hydrogens is 496 g/mol. The Morgan fingerprint density at radius 1 is 0.850 bits per heavy atom. The Hall–Kier alpha value is -4.64. The van der Waals surface area contributed by atoms with Crippen molar-refractivity contribution in [1.29, 1.82) is 0 Å². The molecular formula is C35H30N2O3. The highest BCUT2D eigenvalue weighted by Gasteiger charge is 2.47. The number of pyridine rings is 1. The first-order valence-electron chi connectivity index (χ1n) is 13.7. The third kappa shape index (κ3) is 4.28. The van der Waals surface area contributed by atoms with Gasteiger partial charge in [0.2, 0.25) is 11.8 Å². The molecule has 0 saturated carbocycles. The van der Waals surface area contributed by atoms with Gasteiger partial charge in [0, 0.05) is 17.0 Å². The van der Waals surface area contributed by atoms with Crippen LogP contribution in [-0.4, -0.2) is 22.0 Å².